The van der Waals surface area contributed by atoms with E-state index in [4.69, 9.17) is 10.5 Å². The Balaban J connectivity index is 2.61. The maximum absolute atomic E-state index is 13.6. The molecule has 1 aliphatic carbocycles. The second-order valence-electron chi connectivity index (χ2n) is 4.05. The molecule has 0 aromatic heterocycles. The Morgan fingerprint density at radius 3 is 2.50 bits per heavy atom. The monoisotopic (exact) mass is 291 g/mol. The average molecular weight is 292 g/mol. The maximum atomic E-state index is 13.6. The zero-order valence-electron chi connectivity index (χ0n) is 8.82. The fourth-order valence-corrected chi connectivity index (χ4v) is 2.31. The molecular formula is C11H12BrF2NO. The summed E-state index contributed by atoms with van der Waals surface area (Å²) in [6.45, 7) is 0.418. The lowest BCUT2D eigenvalue weighted by molar-refractivity contribution is 0.361. The van der Waals surface area contributed by atoms with E-state index in [1.807, 2.05) is 0 Å². The Hall–Kier alpha value is -0.680. The van der Waals surface area contributed by atoms with Crippen LogP contribution in [0.25, 0.3) is 0 Å². The number of benzene rings is 1. The van der Waals surface area contributed by atoms with Crippen molar-refractivity contribution in [3.05, 3.63) is 27.7 Å². The highest BCUT2D eigenvalue weighted by molar-refractivity contribution is 9.10. The van der Waals surface area contributed by atoms with Crippen LogP contribution in [0.15, 0.2) is 10.5 Å². The lowest BCUT2D eigenvalue weighted by atomic mass is 9.95. The normalized spacial score (nSPS) is 17.3. The van der Waals surface area contributed by atoms with Crippen molar-refractivity contribution in [3.63, 3.8) is 0 Å². The maximum Gasteiger partial charge on any atom is 0.202 e. The molecule has 0 unspecified atom stereocenters. The Morgan fingerprint density at radius 1 is 1.44 bits per heavy atom. The fourth-order valence-electron chi connectivity index (χ4n) is 1.91. The summed E-state index contributed by atoms with van der Waals surface area (Å²) in [6, 6.07) is 1.57. The summed E-state index contributed by atoms with van der Waals surface area (Å²) in [5.41, 5.74) is 6.10. The molecule has 1 aromatic rings. The highest BCUT2D eigenvalue weighted by atomic mass is 79.9. The highest BCUT2D eigenvalue weighted by Gasteiger charge is 2.46. The van der Waals surface area contributed by atoms with E-state index in [1.54, 1.807) is 6.07 Å². The number of hydrogen-bond donors (Lipinski definition) is 1. The molecule has 2 rings (SSSR count). The van der Waals surface area contributed by atoms with Crippen molar-refractivity contribution in [2.24, 2.45) is 5.73 Å². The van der Waals surface area contributed by atoms with Gasteiger partial charge in [0.1, 0.15) is 0 Å². The van der Waals surface area contributed by atoms with Crippen LogP contribution in [0.4, 0.5) is 8.78 Å². The number of ether oxygens (including phenoxy) is 1. The Labute approximate surface area is 101 Å². The molecule has 88 valence electrons. The third kappa shape index (κ3) is 1.62. The van der Waals surface area contributed by atoms with E-state index in [-0.39, 0.29) is 15.6 Å². The Kier molecular flexibility index (Phi) is 2.92. The summed E-state index contributed by atoms with van der Waals surface area (Å²) >= 11 is 3.00. The van der Waals surface area contributed by atoms with Crippen molar-refractivity contribution in [1.29, 1.82) is 0 Å². The summed E-state index contributed by atoms with van der Waals surface area (Å²) in [5, 5.41) is 0. The summed E-state index contributed by atoms with van der Waals surface area (Å²) in [7, 11) is 1.34. The van der Waals surface area contributed by atoms with Crippen molar-refractivity contribution >= 4 is 15.9 Å². The molecule has 2 N–H and O–H groups in total. The minimum absolute atomic E-state index is 0.0244. The van der Waals surface area contributed by atoms with Crippen LogP contribution in [0, 0.1) is 11.6 Å². The first-order valence-electron chi connectivity index (χ1n) is 4.98. The minimum Gasteiger partial charge on any atom is -0.493 e. The summed E-state index contributed by atoms with van der Waals surface area (Å²) in [5.74, 6) is -1.90. The number of nitrogens with two attached hydrogens (primary N) is 1. The first-order valence-corrected chi connectivity index (χ1v) is 5.77. The van der Waals surface area contributed by atoms with Crippen LogP contribution < -0.4 is 10.5 Å². The first kappa shape index (κ1) is 11.8. The summed E-state index contributed by atoms with van der Waals surface area (Å²) in [6.07, 6.45) is 1.77. The fraction of sp³-hybridized carbons (Fsp3) is 0.455. The average Bonchev–Trinajstić information content (AvgIpc) is 3.06. The summed E-state index contributed by atoms with van der Waals surface area (Å²) < 4.78 is 32.0. The number of hydrogen-bond acceptors (Lipinski definition) is 2. The van der Waals surface area contributed by atoms with Gasteiger partial charge in [-0.15, -0.1) is 0 Å². The molecule has 0 heterocycles. The molecule has 0 aliphatic heterocycles. The van der Waals surface area contributed by atoms with Crippen LogP contribution in [-0.2, 0) is 5.41 Å². The Bertz CT molecular complexity index is 432. The van der Waals surface area contributed by atoms with Gasteiger partial charge in [-0.1, -0.05) is 0 Å². The molecule has 16 heavy (non-hydrogen) atoms. The lowest BCUT2D eigenvalue weighted by Gasteiger charge is -2.18. The smallest absolute Gasteiger partial charge is 0.202 e. The van der Waals surface area contributed by atoms with Gasteiger partial charge >= 0.3 is 0 Å². The number of rotatable bonds is 3. The molecule has 0 radical (unpaired) electrons. The van der Waals surface area contributed by atoms with Crippen molar-refractivity contribution in [2.45, 2.75) is 18.3 Å². The predicted octanol–water partition coefficient (Wildman–Crippen LogP) is 2.73. The van der Waals surface area contributed by atoms with E-state index in [2.05, 4.69) is 15.9 Å². The van der Waals surface area contributed by atoms with Crippen LogP contribution in [0.5, 0.6) is 5.75 Å². The lowest BCUT2D eigenvalue weighted by Crippen LogP contribution is -2.21. The largest absolute Gasteiger partial charge is 0.493 e. The second kappa shape index (κ2) is 3.96. The van der Waals surface area contributed by atoms with Gasteiger partial charge in [-0.25, -0.2) is 4.39 Å². The zero-order chi connectivity index (χ0) is 11.9. The van der Waals surface area contributed by atoms with Crippen LogP contribution in [-0.4, -0.2) is 13.7 Å². The summed E-state index contributed by atoms with van der Waals surface area (Å²) in [4.78, 5) is 0. The van der Waals surface area contributed by atoms with Crippen LogP contribution in [0.2, 0.25) is 0 Å². The topological polar surface area (TPSA) is 35.2 Å². The third-order valence-corrected chi connectivity index (χ3v) is 3.71. The third-order valence-electron chi connectivity index (χ3n) is 3.14. The van der Waals surface area contributed by atoms with E-state index in [0.717, 1.165) is 12.8 Å². The van der Waals surface area contributed by atoms with E-state index in [9.17, 15) is 8.78 Å². The van der Waals surface area contributed by atoms with E-state index in [0.29, 0.717) is 12.1 Å². The van der Waals surface area contributed by atoms with Gasteiger partial charge in [0.2, 0.25) is 5.82 Å². The van der Waals surface area contributed by atoms with E-state index in [1.165, 1.54) is 7.11 Å². The van der Waals surface area contributed by atoms with Crippen molar-refractivity contribution in [2.75, 3.05) is 13.7 Å². The molecule has 1 saturated carbocycles. The second-order valence-corrected chi connectivity index (χ2v) is 4.91. The van der Waals surface area contributed by atoms with Gasteiger partial charge in [0.25, 0.3) is 0 Å². The minimum atomic E-state index is -0.952. The molecule has 0 atom stereocenters. The quantitative estimate of drug-likeness (QED) is 0.869. The van der Waals surface area contributed by atoms with E-state index >= 15 is 0 Å². The molecular weight excluding hydrogens is 280 g/mol. The van der Waals surface area contributed by atoms with Gasteiger partial charge in [-0.05, 0) is 34.8 Å². The standard InChI is InChI=1S/C11H12BrF2NO/c1-16-10-6(11(5-15)2-3-11)4-7(12)8(13)9(10)14/h4H,2-3,5,15H2,1H3. The first-order chi connectivity index (χ1) is 7.55. The van der Waals surface area contributed by atoms with Crippen LogP contribution in [0.1, 0.15) is 18.4 Å². The molecule has 1 aromatic carbocycles. The molecule has 0 saturated heterocycles. The van der Waals surface area contributed by atoms with Gasteiger partial charge in [-0.2, -0.15) is 4.39 Å². The molecule has 0 amide bonds. The number of methoxy groups -OCH3 is 1. The highest BCUT2D eigenvalue weighted by Crippen LogP contribution is 2.52. The molecule has 0 bridgehead atoms. The number of halogens is 3. The van der Waals surface area contributed by atoms with Crippen molar-refractivity contribution in [1.82, 2.24) is 0 Å². The van der Waals surface area contributed by atoms with Crippen molar-refractivity contribution < 1.29 is 13.5 Å². The van der Waals surface area contributed by atoms with Gasteiger partial charge in [0.15, 0.2) is 11.6 Å². The van der Waals surface area contributed by atoms with Gasteiger partial charge < -0.3 is 10.5 Å². The van der Waals surface area contributed by atoms with Gasteiger partial charge in [0, 0.05) is 17.5 Å². The van der Waals surface area contributed by atoms with Crippen LogP contribution >= 0.6 is 15.9 Å². The molecule has 1 aliphatic rings. The van der Waals surface area contributed by atoms with Gasteiger partial charge in [0.05, 0.1) is 11.6 Å². The Morgan fingerprint density at radius 2 is 2.06 bits per heavy atom. The van der Waals surface area contributed by atoms with Crippen molar-refractivity contribution in [3.8, 4) is 5.75 Å². The predicted molar refractivity (Wildman–Crippen MR) is 60.6 cm³/mol. The van der Waals surface area contributed by atoms with E-state index < -0.39 is 11.6 Å². The molecule has 5 heteroatoms. The molecule has 0 spiro atoms. The van der Waals surface area contributed by atoms with Gasteiger partial charge in [-0.3, -0.25) is 0 Å². The molecule has 1 fully saturated rings. The van der Waals surface area contributed by atoms with Crippen LogP contribution in [0.3, 0.4) is 0 Å². The SMILES string of the molecule is COc1c(C2(CN)CC2)cc(Br)c(F)c1F. The molecule has 2 nitrogen and oxygen atoms in total. The zero-order valence-corrected chi connectivity index (χ0v) is 10.4.